The molecule has 0 amide bonds. The predicted molar refractivity (Wildman–Crippen MR) is 135 cm³/mol. The van der Waals surface area contributed by atoms with E-state index in [0.717, 1.165) is 24.0 Å². The molecule has 10 heteroatoms. The summed E-state index contributed by atoms with van der Waals surface area (Å²) >= 11 is 0. The molecule has 2 aromatic rings. The number of phenols is 1. The van der Waals surface area contributed by atoms with E-state index in [1.165, 1.54) is 18.2 Å². The number of guanidine groups is 1. The van der Waals surface area contributed by atoms with Gasteiger partial charge in [0.2, 0.25) is 0 Å². The fraction of sp³-hybridized carbons (Fsp3) is 0.400. The minimum Gasteiger partial charge on any atom is -0.508 e. The third kappa shape index (κ3) is 7.45. The quantitative estimate of drug-likeness (QED) is 0.143. The maximum absolute atomic E-state index is 12.2. The molecule has 0 bridgehead atoms. The van der Waals surface area contributed by atoms with E-state index in [-0.39, 0.29) is 43.1 Å². The molecule has 3 rings (SSSR count). The largest absolute Gasteiger partial charge is 0.508 e. The van der Waals surface area contributed by atoms with Crippen molar-refractivity contribution >= 4 is 16.1 Å². The van der Waals surface area contributed by atoms with Crippen LogP contribution in [0.15, 0.2) is 59.6 Å². The fourth-order valence-electron chi connectivity index (χ4n) is 4.45. The molecule has 0 fully saturated rings. The monoisotopic (exact) mass is 503 g/mol. The molecule has 0 heterocycles. The third-order valence-corrected chi connectivity index (χ3v) is 7.67. The second-order valence-electron chi connectivity index (χ2n) is 8.91. The van der Waals surface area contributed by atoms with E-state index in [1.807, 2.05) is 18.2 Å². The summed E-state index contributed by atoms with van der Waals surface area (Å²) in [7, 11) is -4.32. The number of ether oxygens (including phenoxy) is 1. The molecule has 0 radical (unpaired) electrons. The number of fused-ring (bicyclic) bond motifs is 1. The van der Waals surface area contributed by atoms with Crippen molar-refractivity contribution in [1.82, 2.24) is 0 Å². The van der Waals surface area contributed by atoms with Crippen molar-refractivity contribution in [2.24, 2.45) is 22.4 Å². The second-order valence-corrected chi connectivity index (χ2v) is 10.6. The first kappa shape index (κ1) is 26.5. The molecular formula is C25H33N3O6S. The highest BCUT2D eigenvalue weighted by atomic mass is 32.2. The van der Waals surface area contributed by atoms with Crippen LogP contribution in [-0.4, -0.2) is 41.1 Å². The Balaban J connectivity index is 1.73. The van der Waals surface area contributed by atoms with Gasteiger partial charge in [0.25, 0.3) is 10.1 Å². The van der Waals surface area contributed by atoms with Crippen LogP contribution in [0.2, 0.25) is 0 Å². The summed E-state index contributed by atoms with van der Waals surface area (Å²) in [5.74, 6) is 0.822. The molecule has 0 spiro atoms. The molecule has 4 atom stereocenters. The van der Waals surface area contributed by atoms with Gasteiger partial charge in [-0.2, -0.15) is 8.42 Å². The summed E-state index contributed by atoms with van der Waals surface area (Å²) < 4.78 is 39.9. The van der Waals surface area contributed by atoms with Crippen molar-refractivity contribution in [3.8, 4) is 11.5 Å². The van der Waals surface area contributed by atoms with E-state index in [2.05, 4.69) is 11.9 Å². The Morgan fingerprint density at radius 1 is 1.23 bits per heavy atom. The van der Waals surface area contributed by atoms with Gasteiger partial charge in [0.05, 0.1) is 11.4 Å². The summed E-state index contributed by atoms with van der Waals surface area (Å²) in [6.07, 6.45) is 4.13. The molecule has 190 valence electrons. The van der Waals surface area contributed by atoms with Gasteiger partial charge in [0.15, 0.2) is 12.7 Å². The average molecular weight is 504 g/mol. The molecular weight excluding hydrogens is 470 g/mol. The Labute approximate surface area is 205 Å². The lowest BCUT2D eigenvalue weighted by molar-refractivity contribution is 0.228. The number of benzene rings is 2. The number of aromatic hydroxyl groups is 1. The van der Waals surface area contributed by atoms with Crippen LogP contribution in [-0.2, 0) is 16.5 Å². The summed E-state index contributed by atoms with van der Waals surface area (Å²) in [6.45, 7) is 2.09. The van der Waals surface area contributed by atoms with Crippen LogP contribution in [0, 0.1) is 5.92 Å². The number of aliphatic hydroxyl groups is 1. The summed E-state index contributed by atoms with van der Waals surface area (Å²) in [4.78, 5) is 3.81. The Morgan fingerprint density at radius 3 is 2.60 bits per heavy atom. The Hall–Kier alpha value is -3.08. The van der Waals surface area contributed by atoms with Crippen LogP contribution in [0.3, 0.4) is 0 Å². The van der Waals surface area contributed by atoms with Crippen LogP contribution >= 0.6 is 0 Å². The Kier molecular flexibility index (Phi) is 8.76. The molecule has 7 N–H and O–H groups in total. The van der Waals surface area contributed by atoms with Crippen LogP contribution in [0.1, 0.15) is 54.9 Å². The lowest BCUT2D eigenvalue weighted by Gasteiger charge is -2.33. The Bertz CT molecular complexity index is 1160. The number of phenolic OH excluding ortho intramolecular Hbond substituents is 1. The van der Waals surface area contributed by atoms with E-state index in [0.29, 0.717) is 11.3 Å². The first-order chi connectivity index (χ1) is 16.5. The molecule has 0 saturated carbocycles. The molecule has 0 aliphatic heterocycles. The summed E-state index contributed by atoms with van der Waals surface area (Å²) in [5.41, 5.74) is 13.3. The topological polar surface area (TPSA) is 168 Å². The van der Waals surface area contributed by atoms with Gasteiger partial charge in [-0.25, -0.2) is 4.99 Å². The zero-order valence-corrected chi connectivity index (χ0v) is 20.4. The van der Waals surface area contributed by atoms with E-state index >= 15 is 0 Å². The minimum atomic E-state index is -4.32. The standard InChI is InChI=1S/C25H33N3O6S/c1-16-5-6-18-13-20(34-15-28-25(26)27)11-12-22(18)23(16)14-21(35(31,32)33)3-2-4-24(30)17-7-9-19(29)10-8-17/h2,4,7-13,16,21,23-24,29-30H,3,5-6,14-15H2,1H3,(H4,26,27,28)(H,31,32,33). The van der Waals surface area contributed by atoms with Gasteiger partial charge >= 0.3 is 0 Å². The summed E-state index contributed by atoms with van der Waals surface area (Å²) in [6, 6.07) is 11.8. The smallest absolute Gasteiger partial charge is 0.268 e. The third-order valence-electron chi connectivity index (χ3n) is 6.44. The molecule has 1 aliphatic carbocycles. The van der Waals surface area contributed by atoms with Crippen molar-refractivity contribution in [3.63, 3.8) is 0 Å². The highest BCUT2D eigenvalue weighted by molar-refractivity contribution is 7.86. The number of hydrogen-bond acceptors (Lipinski definition) is 6. The van der Waals surface area contributed by atoms with Crippen LogP contribution in [0.25, 0.3) is 0 Å². The fourth-order valence-corrected chi connectivity index (χ4v) is 5.25. The van der Waals surface area contributed by atoms with Crippen molar-refractivity contribution in [1.29, 1.82) is 0 Å². The lowest BCUT2D eigenvalue weighted by atomic mass is 9.73. The zero-order chi connectivity index (χ0) is 25.6. The van der Waals surface area contributed by atoms with Crippen molar-refractivity contribution in [2.75, 3.05) is 6.73 Å². The van der Waals surface area contributed by atoms with Gasteiger partial charge in [-0.15, -0.1) is 0 Å². The van der Waals surface area contributed by atoms with Crippen molar-refractivity contribution < 1.29 is 27.9 Å². The van der Waals surface area contributed by atoms with Crippen molar-refractivity contribution in [3.05, 3.63) is 71.3 Å². The number of nitrogens with two attached hydrogens (primary N) is 2. The summed E-state index contributed by atoms with van der Waals surface area (Å²) in [5, 5.41) is 18.7. The average Bonchev–Trinajstić information content (AvgIpc) is 2.79. The number of aryl methyl sites for hydroxylation is 1. The highest BCUT2D eigenvalue weighted by Gasteiger charge is 2.33. The number of allylic oxidation sites excluding steroid dienone is 1. The molecule has 4 unspecified atom stereocenters. The zero-order valence-electron chi connectivity index (χ0n) is 19.6. The van der Waals surface area contributed by atoms with Gasteiger partial charge in [-0.05, 0) is 78.5 Å². The van der Waals surface area contributed by atoms with E-state index in [4.69, 9.17) is 16.2 Å². The SMILES string of the molecule is CC1CCc2cc(OCN=C(N)N)ccc2C1CC(CC=CC(O)c1ccc(O)cc1)S(=O)(=O)O. The molecule has 0 saturated heterocycles. The van der Waals surface area contributed by atoms with E-state index < -0.39 is 21.5 Å². The highest BCUT2D eigenvalue weighted by Crippen LogP contribution is 2.41. The van der Waals surface area contributed by atoms with Gasteiger partial charge in [-0.1, -0.05) is 37.3 Å². The van der Waals surface area contributed by atoms with Gasteiger partial charge < -0.3 is 26.4 Å². The van der Waals surface area contributed by atoms with Crippen molar-refractivity contribution in [2.45, 2.75) is 49.9 Å². The number of rotatable bonds is 10. The van der Waals surface area contributed by atoms with Crippen LogP contribution in [0.5, 0.6) is 11.5 Å². The maximum Gasteiger partial charge on any atom is 0.268 e. The van der Waals surface area contributed by atoms with Gasteiger partial charge in [0.1, 0.15) is 11.5 Å². The minimum absolute atomic E-state index is 0.00805. The molecule has 2 aromatic carbocycles. The number of hydrogen-bond donors (Lipinski definition) is 5. The maximum atomic E-state index is 12.2. The van der Waals surface area contributed by atoms with E-state index in [9.17, 15) is 23.2 Å². The number of aliphatic hydroxyl groups excluding tert-OH is 1. The van der Waals surface area contributed by atoms with Crippen LogP contribution in [0.4, 0.5) is 0 Å². The van der Waals surface area contributed by atoms with E-state index in [1.54, 1.807) is 18.2 Å². The lowest BCUT2D eigenvalue weighted by Crippen LogP contribution is -2.28. The molecule has 35 heavy (non-hydrogen) atoms. The predicted octanol–water partition coefficient (Wildman–Crippen LogP) is 2.99. The number of nitrogens with zero attached hydrogens (tertiary/aromatic N) is 1. The first-order valence-corrected chi connectivity index (χ1v) is 13.0. The normalized spacial score (nSPS) is 19.6. The van der Waals surface area contributed by atoms with Gasteiger partial charge in [0, 0.05) is 0 Å². The first-order valence-electron chi connectivity index (χ1n) is 11.5. The second kappa shape index (κ2) is 11.6. The number of aliphatic imine (C=N–C) groups is 1. The van der Waals surface area contributed by atoms with Crippen LogP contribution < -0.4 is 16.2 Å². The molecule has 9 nitrogen and oxygen atoms in total. The Morgan fingerprint density at radius 2 is 1.94 bits per heavy atom. The van der Waals surface area contributed by atoms with Gasteiger partial charge in [-0.3, -0.25) is 4.55 Å². The molecule has 0 aromatic heterocycles. The molecule has 1 aliphatic rings.